The molecule has 0 amide bonds. The highest BCUT2D eigenvalue weighted by Gasteiger charge is 2.49. The predicted octanol–water partition coefficient (Wildman–Crippen LogP) is 5.97. The minimum absolute atomic E-state index is 0.0257. The monoisotopic (exact) mass is 638 g/mol. The molecular weight excluding hydrogens is 592 g/mol. The van der Waals surface area contributed by atoms with E-state index < -0.39 is 36.4 Å². The van der Waals surface area contributed by atoms with Crippen molar-refractivity contribution in [1.82, 2.24) is 0 Å². The topological polar surface area (TPSA) is 124 Å². The summed E-state index contributed by atoms with van der Waals surface area (Å²) in [6, 6.07) is 5.33. The number of rotatable bonds is 7. The highest BCUT2D eigenvalue weighted by molar-refractivity contribution is 6.06. The van der Waals surface area contributed by atoms with E-state index >= 15 is 0 Å². The molecule has 2 heterocycles. The Kier molecular flexibility index (Phi) is 9.16. The van der Waals surface area contributed by atoms with Gasteiger partial charge in [-0.05, 0) is 34.4 Å². The van der Waals surface area contributed by atoms with Gasteiger partial charge in [0, 0.05) is 62.5 Å². The fourth-order valence-corrected chi connectivity index (χ4v) is 7.19. The number of carbonyl (C=O) groups is 4. The molecule has 5 rings (SSSR count). The first-order valence-corrected chi connectivity index (χ1v) is 16.0. The van der Waals surface area contributed by atoms with Gasteiger partial charge >= 0.3 is 11.9 Å². The number of allylic oxidation sites excluding steroid dienone is 4. The molecule has 4 aliphatic rings. The van der Waals surface area contributed by atoms with Gasteiger partial charge in [0.25, 0.3) is 0 Å². The van der Waals surface area contributed by atoms with Crippen LogP contribution in [0.5, 0.6) is 11.5 Å². The van der Waals surface area contributed by atoms with Gasteiger partial charge < -0.3 is 28.4 Å². The van der Waals surface area contributed by atoms with E-state index in [9.17, 15) is 19.2 Å². The molecule has 5 atom stereocenters. The molecule has 0 aromatic heterocycles. The van der Waals surface area contributed by atoms with E-state index in [4.69, 9.17) is 28.4 Å². The van der Waals surface area contributed by atoms with Crippen LogP contribution in [0.4, 0.5) is 0 Å². The summed E-state index contributed by atoms with van der Waals surface area (Å²) in [6.45, 7) is 14.8. The zero-order chi connectivity index (χ0) is 33.7. The molecule has 1 saturated heterocycles. The van der Waals surface area contributed by atoms with Crippen molar-refractivity contribution in [3.63, 3.8) is 0 Å². The van der Waals surface area contributed by atoms with Gasteiger partial charge in [0.2, 0.25) is 6.29 Å². The van der Waals surface area contributed by atoms with E-state index in [1.165, 1.54) is 21.0 Å². The Morgan fingerprint density at radius 2 is 1.43 bits per heavy atom. The number of hydrogen-bond donors (Lipinski definition) is 0. The number of esters is 2. The Labute approximate surface area is 270 Å². The second kappa shape index (κ2) is 12.5. The van der Waals surface area contributed by atoms with Crippen LogP contribution >= 0.6 is 0 Å². The van der Waals surface area contributed by atoms with Gasteiger partial charge in [-0.2, -0.15) is 0 Å². The van der Waals surface area contributed by atoms with Gasteiger partial charge in [-0.15, -0.1) is 0 Å². The fourth-order valence-electron chi connectivity index (χ4n) is 7.19. The third-order valence-corrected chi connectivity index (χ3v) is 9.61. The number of ether oxygens (including phenoxy) is 6. The third-order valence-electron chi connectivity index (χ3n) is 9.61. The normalized spacial score (nSPS) is 28.9. The number of Topliss-reactive ketones (excluding diaryl/α,β-unsaturated/α-hetero) is 2. The molecule has 1 aromatic carbocycles. The summed E-state index contributed by atoms with van der Waals surface area (Å²) in [4.78, 5) is 51.0. The van der Waals surface area contributed by atoms with E-state index in [1.54, 1.807) is 12.1 Å². The molecule has 0 saturated carbocycles. The van der Waals surface area contributed by atoms with Gasteiger partial charge in [-0.1, -0.05) is 47.6 Å². The summed E-state index contributed by atoms with van der Waals surface area (Å²) >= 11 is 0. The molecule has 46 heavy (non-hydrogen) atoms. The summed E-state index contributed by atoms with van der Waals surface area (Å²) < 4.78 is 35.7. The maximum absolute atomic E-state index is 13.7. The minimum Gasteiger partial charge on any atom is -0.493 e. The second-order valence-electron chi connectivity index (χ2n) is 14.8. The maximum atomic E-state index is 13.7. The average Bonchev–Trinajstić information content (AvgIpc) is 2.93. The lowest BCUT2D eigenvalue weighted by Crippen LogP contribution is -2.54. The summed E-state index contributed by atoms with van der Waals surface area (Å²) in [7, 11) is 1.51. The number of methoxy groups -OCH3 is 1. The predicted molar refractivity (Wildman–Crippen MR) is 167 cm³/mol. The van der Waals surface area contributed by atoms with Crippen molar-refractivity contribution in [2.24, 2.45) is 22.7 Å². The van der Waals surface area contributed by atoms with Crippen molar-refractivity contribution in [3.8, 4) is 11.5 Å². The highest BCUT2D eigenvalue weighted by Crippen LogP contribution is 2.54. The van der Waals surface area contributed by atoms with E-state index in [2.05, 4.69) is 27.7 Å². The molecule has 0 spiro atoms. The first-order chi connectivity index (χ1) is 21.5. The van der Waals surface area contributed by atoms with Crippen LogP contribution in [0.2, 0.25) is 0 Å². The smallest absolute Gasteiger partial charge is 0.303 e. The van der Waals surface area contributed by atoms with Gasteiger partial charge in [0.05, 0.1) is 13.2 Å². The molecule has 2 aliphatic carbocycles. The molecule has 10 nitrogen and oxygen atoms in total. The standard InChI is InChI=1S/C36H46O10/c1-18-19(2)33(43-21(4)38)34(46-29(18)17-42-20(3)37)45-25-11-10-22(12-26(25)41-9)30-31-23(39)13-35(5,6)15-27(31)44-28-16-36(7,8)14-24(40)32(28)30/h10-12,18-19,29-30,33-34H,13-17H2,1-9H3/t18-,19-,29?,33?,34+/m0/s1. The first-order valence-electron chi connectivity index (χ1n) is 16.0. The Balaban J connectivity index is 1.53. The Morgan fingerprint density at radius 3 is 1.96 bits per heavy atom. The van der Waals surface area contributed by atoms with Crippen molar-refractivity contribution in [2.45, 2.75) is 105 Å². The van der Waals surface area contributed by atoms with Gasteiger partial charge in [0.15, 0.2) is 29.2 Å². The molecule has 0 bridgehead atoms. The molecule has 0 radical (unpaired) electrons. The molecule has 2 aliphatic heterocycles. The van der Waals surface area contributed by atoms with E-state index in [-0.39, 0.29) is 40.8 Å². The van der Waals surface area contributed by atoms with Crippen molar-refractivity contribution in [1.29, 1.82) is 0 Å². The zero-order valence-corrected chi connectivity index (χ0v) is 28.3. The van der Waals surface area contributed by atoms with Crippen LogP contribution in [-0.4, -0.2) is 55.7 Å². The molecular formula is C36H46O10. The second-order valence-corrected chi connectivity index (χ2v) is 14.8. The number of carbonyl (C=O) groups excluding carboxylic acids is 4. The van der Waals surface area contributed by atoms with Crippen molar-refractivity contribution >= 4 is 23.5 Å². The Bertz CT molecular complexity index is 1440. The van der Waals surface area contributed by atoms with E-state index in [0.717, 1.165) is 0 Å². The van der Waals surface area contributed by atoms with Crippen LogP contribution in [0.1, 0.15) is 92.6 Å². The largest absolute Gasteiger partial charge is 0.493 e. The summed E-state index contributed by atoms with van der Waals surface area (Å²) in [5.74, 6) is 0.105. The molecule has 1 aromatic rings. The van der Waals surface area contributed by atoms with Crippen LogP contribution in [0.25, 0.3) is 0 Å². The lowest BCUT2D eigenvalue weighted by Gasteiger charge is -2.43. The quantitative estimate of drug-likeness (QED) is 0.330. The molecule has 1 fully saturated rings. The Hall–Kier alpha value is -3.66. The van der Waals surface area contributed by atoms with Crippen LogP contribution < -0.4 is 9.47 Å². The Morgan fingerprint density at radius 1 is 0.848 bits per heavy atom. The summed E-state index contributed by atoms with van der Waals surface area (Å²) in [5.41, 5.74) is 1.25. The lowest BCUT2D eigenvalue weighted by atomic mass is 9.65. The molecule has 250 valence electrons. The van der Waals surface area contributed by atoms with Crippen molar-refractivity contribution in [3.05, 3.63) is 46.4 Å². The van der Waals surface area contributed by atoms with Gasteiger partial charge in [-0.25, -0.2) is 0 Å². The molecule has 2 unspecified atom stereocenters. The third kappa shape index (κ3) is 6.73. The van der Waals surface area contributed by atoms with Crippen LogP contribution in [-0.2, 0) is 38.1 Å². The summed E-state index contributed by atoms with van der Waals surface area (Å²) in [5, 5.41) is 0. The SMILES string of the molecule is COc1cc(C2C3=C(CC(C)(C)CC3=O)OC3=C2C(=O)CC(C)(C)C3)ccc1O[C@@H]1OC(COC(C)=O)[C@@H](C)[C@H](C)C1OC(C)=O. The van der Waals surface area contributed by atoms with Crippen molar-refractivity contribution in [2.75, 3.05) is 13.7 Å². The number of hydrogen-bond acceptors (Lipinski definition) is 10. The van der Waals surface area contributed by atoms with Gasteiger partial charge in [-0.3, -0.25) is 19.2 Å². The minimum atomic E-state index is -1.02. The van der Waals surface area contributed by atoms with E-state index in [1.807, 2.05) is 19.9 Å². The van der Waals surface area contributed by atoms with Crippen LogP contribution in [0.3, 0.4) is 0 Å². The molecule has 0 N–H and O–H groups in total. The molecule has 10 heteroatoms. The average molecular weight is 639 g/mol. The van der Waals surface area contributed by atoms with Gasteiger partial charge in [0.1, 0.15) is 18.1 Å². The van der Waals surface area contributed by atoms with E-state index in [0.29, 0.717) is 65.4 Å². The first kappa shape index (κ1) is 33.7. The number of ketones is 2. The summed E-state index contributed by atoms with van der Waals surface area (Å²) in [6.07, 6.45) is -0.366. The highest BCUT2D eigenvalue weighted by atomic mass is 16.7. The van der Waals surface area contributed by atoms with Crippen molar-refractivity contribution < 1.29 is 47.6 Å². The van der Waals surface area contributed by atoms with Crippen LogP contribution in [0.15, 0.2) is 40.9 Å². The lowest BCUT2D eigenvalue weighted by molar-refractivity contribution is -0.253. The fraction of sp³-hybridized carbons (Fsp3) is 0.611. The van der Waals surface area contributed by atoms with Crippen LogP contribution in [0, 0.1) is 22.7 Å². The maximum Gasteiger partial charge on any atom is 0.303 e. The zero-order valence-electron chi connectivity index (χ0n) is 28.3. The number of benzene rings is 1.